The topological polar surface area (TPSA) is 43.8 Å². The van der Waals surface area contributed by atoms with E-state index in [-0.39, 0.29) is 5.54 Å². The summed E-state index contributed by atoms with van der Waals surface area (Å²) in [4.78, 5) is 0. The maximum atomic E-state index is 6.51. The Labute approximate surface area is 104 Å². The Morgan fingerprint density at radius 3 is 2.71 bits per heavy atom. The van der Waals surface area contributed by atoms with Gasteiger partial charge in [-0.15, -0.1) is 0 Å². The van der Waals surface area contributed by atoms with Gasteiger partial charge in [-0.1, -0.05) is 13.3 Å². The van der Waals surface area contributed by atoms with Crippen LogP contribution in [0.15, 0.2) is 12.3 Å². The summed E-state index contributed by atoms with van der Waals surface area (Å²) in [6, 6.07) is 2.10. The van der Waals surface area contributed by atoms with Crippen molar-refractivity contribution in [2.45, 2.75) is 57.4 Å². The quantitative estimate of drug-likeness (QED) is 0.872. The predicted molar refractivity (Wildman–Crippen MR) is 70.7 cm³/mol. The van der Waals surface area contributed by atoms with Crippen LogP contribution in [0, 0.1) is 5.92 Å². The Morgan fingerprint density at radius 2 is 2.18 bits per heavy atom. The minimum absolute atomic E-state index is 0.0793. The Kier molecular flexibility index (Phi) is 3.87. The number of hydrogen-bond donors (Lipinski definition) is 1. The third-order valence-corrected chi connectivity index (χ3v) is 4.48. The number of nitrogens with two attached hydrogens (primary N) is 1. The molecular weight excluding hydrogens is 210 g/mol. The Morgan fingerprint density at radius 1 is 1.47 bits per heavy atom. The van der Waals surface area contributed by atoms with Crippen LogP contribution in [-0.2, 0) is 13.5 Å². The van der Waals surface area contributed by atoms with Crippen molar-refractivity contribution in [3.05, 3.63) is 18.0 Å². The van der Waals surface area contributed by atoms with E-state index in [0.29, 0.717) is 0 Å². The second-order valence-electron chi connectivity index (χ2n) is 5.66. The van der Waals surface area contributed by atoms with Crippen molar-refractivity contribution < 1.29 is 0 Å². The summed E-state index contributed by atoms with van der Waals surface area (Å²) in [6.07, 6.45) is 10.4. The van der Waals surface area contributed by atoms with Gasteiger partial charge in [-0.05, 0) is 50.5 Å². The summed E-state index contributed by atoms with van der Waals surface area (Å²) >= 11 is 0. The van der Waals surface area contributed by atoms with Crippen LogP contribution in [0.4, 0.5) is 0 Å². The van der Waals surface area contributed by atoms with Gasteiger partial charge in [-0.25, -0.2) is 0 Å². The molecule has 0 spiro atoms. The van der Waals surface area contributed by atoms with Gasteiger partial charge in [-0.2, -0.15) is 5.10 Å². The van der Waals surface area contributed by atoms with Crippen LogP contribution in [0.25, 0.3) is 0 Å². The molecule has 2 N–H and O–H groups in total. The van der Waals surface area contributed by atoms with Crippen LogP contribution in [0.2, 0.25) is 0 Å². The molecule has 0 aliphatic heterocycles. The van der Waals surface area contributed by atoms with E-state index in [1.165, 1.54) is 37.8 Å². The molecule has 0 amide bonds. The Hall–Kier alpha value is -0.830. The van der Waals surface area contributed by atoms with Gasteiger partial charge in [0.05, 0.1) is 0 Å². The van der Waals surface area contributed by atoms with E-state index >= 15 is 0 Å². The molecule has 1 aliphatic rings. The monoisotopic (exact) mass is 235 g/mol. The predicted octanol–water partition coefficient (Wildman–Crippen LogP) is 2.65. The molecule has 1 aromatic rings. The summed E-state index contributed by atoms with van der Waals surface area (Å²) < 4.78 is 1.96. The highest BCUT2D eigenvalue weighted by atomic mass is 15.2. The van der Waals surface area contributed by atoms with Crippen molar-refractivity contribution in [1.82, 2.24) is 9.78 Å². The number of nitrogens with zero attached hydrogens (tertiary/aromatic N) is 2. The molecule has 0 bridgehead atoms. The van der Waals surface area contributed by atoms with Crippen molar-refractivity contribution in [2.75, 3.05) is 0 Å². The van der Waals surface area contributed by atoms with Gasteiger partial charge < -0.3 is 5.73 Å². The summed E-state index contributed by atoms with van der Waals surface area (Å²) in [5.41, 5.74) is 7.89. The first kappa shape index (κ1) is 12.6. The lowest BCUT2D eigenvalue weighted by atomic mass is 9.74. The third-order valence-electron chi connectivity index (χ3n) is 4.48. The van der Waals surface area contributed by atoms with Gasteiger partial charge >= 0.3 is 0 Å². The standard InChI is InChI=1S/C14H25N3/c1-3-12-4-8-14(15,9-5-12)10-6-13-7-11-16-17(13)2/h7,11-12H,3-6,8-10,15H2,1-2H3. The Bertz CT molecular complexity index is 348. The second-order valence-corrected chi connectivity index (χ2v) is 5.66. The minimum Gasteiger partial charge on any atom is -0.325 e. The second kappa shape index (κ2) is 5.21. The molecule has 1 aliphatic carbocycles. The van der Waals surface area contributed by atoms with Gasteiger partial charge in [-0.3, -0.25) is 4.68 Å². The molecule has 0 aromatic carbocycles. The van der Waals surface area contributed by atoms with Crippen molar-refractivity contribution in [2.24, 2.45) is 18.7 Å². The van der Waals surface area contributed by atoms with Crippen LogP contribution in [0.3, 0.4) is 0 Å². The van der Waals surface area contributed by atoms with Crippen LogP contribution >= 0.6 is 0 Å². The van der Waals surface area contributed by atoms with Gasteiger partial charge in [0.2, 0.25) is 0 Å². The van der Waals surface area contributed by atoms with E-state index in [1.54, 1.807) is 0 Å². The summed E-state index contributed by atoms with van der Waals surface area (Å²) in [6.45, 7) is 2.30. The highest BCUT2D eigenvalue weighted by Crippen LogP contribution is 2.34. The maximum Gasteiger partial charge on any atom is 0.0492 e. The molecule has 1 saturated carbocycles. The average Bonchev–Trinajstić information content (AvgIpc) is 2.74. The molecule has 3 nitrogen and oxygen atoms in total. The van der Waals surface area contributed by atoms with Gasteiger partial charge in [0.25, 0.3) is 0 Å². The number of hydrogen-bond acceptors (Lipinski definition) is 2. The summed E-state index contributed by atoms with van der Waals surface area (Å²) in [5, 5.41) is 4.20. The zero-order valence-corrected chi connectivity index (χ0v) is 11.2. The summed E-state index contributed by atoms with van der Waals surface area (Å²) in [7, 11) is 2.01. The van der Waals surface area contributed by atoms with Crippen LogP contribution < -0.4 is 5.73 Å². The zero-order chi connectivity index (χ0) is 12.3. The molecule has 0 unspecified atom stereocenters. The highest BCUT2D eigenvalue weighted by Gasteiger charge is 2.30. The molecule has 3 heteroatoms. The van der Waals surface area contributed by atoms with E-state index in [1.807, 2.05) is 17.9 Å². The lowest BCUT2D eigenvalue weighted by Crippen LogP contribution is -2.43. The van der Waals surface area contributed by atoms with Crippen molar-refractivity contribution in [1.29, 1.82) is 0 Å². The molecule has 96 valence electrons. The number of aromatic nitrogens is 2. The number of rotatable bonds is 4. The molecule has 0 atom stereocenters. The molecule has 0 saturated heterocycles. The molecule has 2 rings (SSSR count). The molecule has 1 fully saturated rings. The van der Waals surface area contributed by atoms with Gasteiger partial charge in [0.1, 0.15) is 0 Å². The normalized spacial score (nSPS) is 29.5. The lowest BCUT2D eigenvalue weighted by molar-refractivity contribution is 0.217. The van der Waals surface area contributed by atoms with Crippen LogP contribution in [-0.4, -0.2) is 15.3 Å². The van der Waals surface area contributed by atoms with Crippen molar-refractivity contribution in [3.8, 4) is 0 Å². The van der Waals surface area contributed by atoms with Crippen molar-refractivity contribution in [3.63, 3.8) is 0 Å². The van der Waals surface area contributed by atoms with Gasteiger partial charge in [0.15, 0.2) is 0 Å². The largest absolute Gasteiger partial charge is 0.325 e. The molecule has 1 heterocycles. The molecule has 17 heavy (non-hydrogen) atoms. The van der Waals surface area contributed by atoms with Gasteiger partial charge in [0, 0.05) is 24.5 Å². The maximum absolute atomic E-state index is 6.51. The highest BCUT2D eigenvalue weighted by molar-refractivity contribution is 5.02. The van der Waals surface area contributed by atoms with E-state index in [2.05, 4.69) is 18.1 Å². The fraction of sp³-hybridized carbons (Fsp3) is 0.786. The zero-order valence-electron chi connectivity index (χ0n) is 11.2. The molecule has 0 radical (unpaired) electrons. The van der Waals surface area contributed by atoms with Crippen LogP contribution in [0.5, 0.6) is 0 Å². The number of aryl methyl sites for hydroxylation is 2. The average molecular weight is 235 g/mol. The van der Waals surface area contributed by atoms with Crippen LogP contribution in [0.1, 0.15) is 51.1 Å². The first-order valence-electron chi connectivity index (χ1n) is 6.89. The lowest BCUT2D eigenvalue weighted by Gasteiger charge is -2.37. The fourth-order valence-electron chi connectivity index (χ4n) is 2.93. The third kappa shape index (κ3) is 3.09. The van der Waals surface area contributed by atoms with E-state index in [9.17, 15) is 0 Å². The molecule has 1 aromatic heterocycles. The Balaban J connectivity index is 1.85. The van der Waals surface area contributed by atoms with E-state index in [4.69, 9.17) is 5.73 Å². The molecular formula is C14H25N3. The van der Waals surface area contributed by atoms with E-state index < -0.39 is 0 Å². The first-order chi connectivity index (χ1) is 8.13. The fourth-order valence-corrected chi connectivity index (χ4v) is 2.93. The summed E-state index contributed by atoms with van der Waals surface area (Å²) in [5.74, 6) is 0.920. The van der Waals surface area contributed by atoms with E-state index in [0.717, 1.165) is 18.8 Å². The first-order valence-corrected chi connectivity index (χ1v) is 6.89. The smallest absolute Gasteiger partial charge is 0.0492 e. The minimum atomic E-state index is 0.0793. The van der Waals surface area contributed by atoms with Crippen molar-refractivity contribution >= 4 is 0 Å². The SMILES string of the molecule is CCC1CCC(N)(CCc2ccnn2C)CC1.